The number of halogens is 3. The third-order valence-corrected chi connectivity index (χ3v) is 4.30. The van der Waals surface area contributed by atoms with Crippen molar-refractivity contribution in [3.63, 3.8) is 0 Å². The summed E-state index contributed by atoms with van der Waals surface area (Å²) in [6, 6.07) is 5.52. The van der Waals surface area contributed by atoms with Gasteiger partial charge in [-0.05, 0) is 35.4 Å². The van der Waals surface area contributed by atoms with Crippen LogP contribution in [0.15, 0.2) is 18.2 Å². The highest BCUT2D eigenvalue weighted by Gasteiger charge is 2.50. The van der Waals surface area contributed by atoms with Crippen molar-refractivity contribution in [2.75, 3.05) is 0 Å². The lowest BCUT2D eigenvalue weighted by atomic mass is 10.0. The minimum absolute atomic E-state index is 0.00441. The minimum Gasteiger partial charge on any atom is -0.117 e. The monoisotopic (exact) mass is 262 g/mol. The Bertz CT molecular complexity index is 384. The first-order valence-electron chi connectivity index (χ1n) is 5.01. The number of hydrogen-bond donors (Lipinski definition) is 0. The second-order valence-electron chi connectivity index (χ2n) is 4.87. The lowest BCUT2D eigenvalue weighted by Crippen LogP contribution is -1.99. The Morgan fingerprint density at radius 1 is 1.33 bits per heavy atom. The fourth-order valence-electron chi connectivity index (χ4n) is 1.95. The zero-order valence-corrected chi connectivity index (χ0v) is 11.0. The average Bonchev–Trinajstić information content (AvgIpc) is 2.74. The Morgan fingerprint density at radius 2 is 1.93 bits per heavy atom. The van der Waals surface area contributed by atoms with Crippen LogP contribution in [0.1, 0.15) is 31.2 Å². The van der Waals surface area contributed by atoms with Gasteiger partial charge in [0.25, 0.3) is 0 Å². The molecule has 2 unspecified atom stereocenters. The van der Waals surface area contributed by atoms with Crippen molar-refractivity contribution in [3.05, 3.63) is 33.8 Å². The van der Waals surface area contributed by atoms with Gasteiger partial charge in [-0.2, -0.15) is 0 Å². The van der Waals surface area contributed by atoms with Crippen molar-refractivity contribution in [1.82, 2.24) is 0 Å². The van der Waals surface area contributed by atoms with Crippen LogP contribution in [-0.2, 0) is 0 Å². The summed E-state index contributed by atoms with van der Waals surface area (Å²) in [5, 5.41) is 1.33. The maximum Gasteiger partial charge on any atom is 0.0633 e. The Labute approximate surface area is 106 Å². The first-order chi connectivity index (χ1) is 6.92. The highest BCUT2D eigenvalue weighted by Crippen LogP contribution is 2.60. The molecule has 0 saturated heterocycles. The summed E-state index contributed by atoms with van der Waals surface area (Å²) in [6.45, 7) is 4.47. The van der Waals surface area contributed by atoms with Gasteiger partial charge in [-0.25, -0.2) is 0 Å². The number of rotatable bonds is 2. The fourth-order valence-corrected chi connectivity index (χ4v) is 3.15. The predicted molar refractivity (Wildman–Crippen MR) is 66.9 cm³/mol. The molecule has 0 amide bonds. The molecule has 0 aliphatic heterocycles. The maximum atomic E-state index is 6.42. The standard InChI is InChI=1S/C12H13Cl3/c1-12(2)6-9(12)11(15)8-4-3-7(13)5-10(8)14/h3-5,9,11H,6H2,1-2H3. The molecule has 0 nitrogen and oxygen atoms in total. The van der Waals surface area contributed by atoms with E-state index >= 15 is 0 Å². The van der Waals surface area contributed by atoms with Crippen molar-refractivity contribution in [2.24, 2.45) is 11.3 Å². The van der Waals surface area contributed by atoms with Crippen LogP contribution in [0.3, 0.4) is 0 Å². The van der Waals surface area contributed by atoms with E-state index in [4.69, 9.17) is 34.8 Å². The summed E-state index contributed by atoms with van der Waals surface area (Å²) in [7, 11) is 0. The fraction of sp³-hybridized carbons (Fsp3) is 0.500. The van der Waals surface area contributed by atoms with Crippen molar-refractivity contribution in [2.45, 2.75) is 25.6 Å². The molecule has 0 N–H and O–H groups in total. The van der Waals surface area contributed by atoms with E-state index in [1.807, 2.05) is 12.1 Å². The SMILES string of the molecule is CC1(C)CC1C(Cl)c1ccc(Cl)cc1Cl. The molecule has 1 saturated carbocycles. The molecule has 1 aromatic rings. The molecule has 0 radical (unpaired) electrons. The minimum atomic E-state index is 0.00441. The number of hydrogen-bond acceptors (Lipinski definition) is 0. The van der Waals surface area contributed by atoms with E-state index < -0.39 is 0 Å². The van der Waals surface area contributed by atoms with E-state index in [-0.39, 0.29) is 5.38 Å². The van der Waals surface area contributed by atoms with Crippen LogP contribution in [0.2, 0.25) is 10.0 Å². The van der Waals surface area contributed by atoms with Gasteiger partial charge in [-0.1, -0.05) is 43.1 Å². The van der Waals surface area contributed by atoms with Gasteiger partial charge in [-0.15, -0.1) is 11.6 Å². The maximum absolute atomic E-state index is 6.42. The molecule has 1 aliphatic carbocycles. The average molecular weight is 264 g/mol. The molecule has 15 heavy (non-hydrogen) atoms. The van der Waals surface area contributed by atoms with Gasteiger partial charge < -0.3 is 0 Å². The van der Waals surface area contributed by atoms with Crippen molar-refractivity contribution in [1.29, 1.82) is 0 Å². The lowest BCUT2D eigenvalue weighted by molar-refractivity contribution is 0.548. The van der Waals surface area contributed by atoms with Crippen molar-refractivity contribution in [3.8, 4) is 0 Å². The highest BCUT2D eigenvalue weighted by atomic mass is 35.5. The van der Waals surface area contributed by atoms with E-state index in [2.05, 4.69) is 13.8 Å². The summed E-state index contributed by atoms with van der Waals surface area (Å²) in [5.74, 6) is 0.526. The van der Waals surface area contributed by atoms with Crippen LogP contribution < -0.4 is 0 Å². The van der Waals surface area contributed by atoms with Crippen LogP contribution in [0.4, 0.5) is 0 Å². The second-order valence-corrected chi connectivity index (χ2v) is 6.18. The first-order valence-corrected chi connectivity index (χ1v) is 6.20. The summed E-state index contributed by atoms with van der Waals surface area (Å²) in [6.07, 6.45) is 1.17. The molecular weight excluding hydrogens is 250 g/mol. The number of alkyl halides is 1. The molecule has 1 aromatic carbocycles. The van der Waals surface area contributed by atoms with Crippen LogP contribution in [0, 0.1) is 11.3 Å². The van der Waals surface area contributed by atoms with E-state index in [0.29, 0.717) is 21.4 Å². The van der Waals surface area contributed by atoms with Crippen LogP contribution in [-0.4, -0.2) is 0 Å². The Balaban J connectivity index is 2.23. The third-order valence-electron chi connectivity index (χ3n) is 3.20. The van der Waals surface area contributed by atoms with Crippen LogP contribution >= 0.6 is 34.8 Å². The molecule has 1 aliphatic rings. The van der Waals surface area contributed by atoms with Gasteiger partial charge in [0.1, 0.15) is 0 Å². The Hall–Kier alpha value is 0.0900. The Kier molecular flexibility index (Phi) is 2.96. The van der Waals surface area contributed by atoms with Crippen LogP contribution in [0.5, 0.6) is 0 Å². The molecule has 0 bridgehead atoms. The van der Waals surface area contributed by atoms with Gasteiger partial charge in [0.15, 0.2) is 0 Å². The van der Waals surface area contributed by atoms with Gasteiger partial charge in [0, 0.05) is 10.0 Å². The molecule has 2 rings (SSSR count). The lowest BCUT2D eigenvalue weighted by Gasteiger charge is -2.13. The molecule has 0 heterocycles. The smallest absolute Gasteiger partial charge is 0.0633 e. The topological polar surface area (TPSA) is 0 Å². The van der Waals surface area contributed by atoms with Crippen LogP contribution in [0.25, 0.3) is 0 Å². The third kappa shape index (κ3) is 2.27. The zero-order chi connectivity index (χ0) is 11.2. The molecule has 0 spiro atoms. The molecular formula is C12H13Cl3. The molecule has 82 valence electrons. The van der Waals surface area contributed by atoms with E-state index in [0.717, 1.165) is 5.56 Å². The van der Waals surface area contributed by atoms with E-state index in [9.17, 15) is 0 Å². The van der Waals surface area contributed by atoms with Crippen molar-refractivity contribution < 1.29 is 0 Å². The largest absolute Gasteiger partial charge is 0.117 e. The van der Waals surface area contributed by atoms with Gasteiger partial charge in [-0.3, -0.25) is 0 Å². The zero-order valence-electron chi connectivity index (χ0n) is 8.73. The molecule has 2 atom stereocenters. The van der Waals surface area contributed by atoms with Crippen molar-refractivity contribution >= 4 is 34.8 Å². The summed E-state index contributed by atoms with van der Waals surface area (Å²) in [5.41, 5.74) is 1.35. The van der Waals surface area contributed by atoms with Gasteiger partial charge in [0.05, 0.1) is 5.38 Å². The van der Waals surface area contributed by atoms with Gasteiger partial charge in [0.2, 0.25) is 0 Å². The second kappa shape index (κ2) is 3.84. The predicted octanol–water partition coefficient (Wildman–Crippen LogP) is 5.32. The molecule has 0 aromatic heterocycles. The highest BCUT2D eigenvalue weighted by molar-refractivity contribution is 6.35. The summed E-state index contributed by atoms with van der Waals surface area (Å²) in [4.78, 5) is 0. The quantitative estimate of drug-likeness (QED) is 0.634. The normalized spacial score (nSPS) is 25.0. The number of benzene rings is 1. The van der Waals surface area contributed by atoms with E-state index in [1.165, 1.54) is 6.42 Å². The summed E-state index contributed by atoms with van der Waals surface area (Å²) >= 11 is 18.4. The summed E-state index contributed by atoms with van der Waals surface area (Å²) < 4.78 is 0. The van der Waals surface area contributed by atoms with Gasteiger partial charge >= 0.3 is 0 Å². The molecule has 1 fully saturated rings. The first kappa shape index (κ1) is 11.6. The van der Waals surface area contributed by atoms with E-state index in [1.54, 1.807) is 6.07 Å². The Morgan fingerprint density at radius 3 is 2.40 bits per heavy atom. The molecule has 3 heteroatoms.